The van der Waals surface area contributed by atoms with Gasteiger partial charge in [0.25, 0.3) is 0 Å². The van der Waals surface area contributed by atoms with Crippen molar-refractivity contribution in [3.8, 4) is 5.75 Å². The van der Waals surface area contributed by atoms with Crippen molar-refractivity contribution in [3.05, 3.63) is 23.2 Å². The molecule has 0 saturated carbocycles. The summed E-state index contributed by atoms with van der Waals surface area (Å²) >= 11 is 11.7. The molecule has 1 aliphatic rings. The van der Waals surface area contributed by atoms with Crippen LogP contribution in [0.4, 0.5) is 5.69 Å². The Labute approximate surface area is 156 Å². The molecule has 2 rings (SSSR count). The summed E-state index contributed by atoms with van der Waals surface area (Å²) < 4.78 is 5.37. The van der Waals surface area contributed by atoms with Crippen molar-refractivity contribution in [2.75, 3.05) is 32.6 Å². The molecule has 0 amide bonds. The Bertz CT molecular complexity index is 561. The van der Waals surface area contributed by atoms with Crippen LogP contribution in [0.25, 0.3) is 0 Å². The average molecular weight is 370 g/mol. The number of methoxy groups -OCH3 is 1. The molecule has 1 unspecified atom stereocenters. The van der Waals surface area contributed by atoms with Gasteiger partial charge in [-0.1, -0.05) is 18.5 Å². The quantitative estimate of drug-likeness (QED) is 0.783. The van der Waals surface area contributed by atoms with Crippen LogP contribution in [0.15, 0.2) is 18.2 Å². The highest BCUT2D eigenvalue weighted by molar-refractivity contribution is 7.80. The van der Waals surface area contributed by atoms with Gasteiger partial charge in [0.1, 0.15) is 5.75 Å². The van der Waals surface area contributed by atoms with Crippen LogP contribution in [0.1, 0.15) is 33.1 Å². The second-order valence-corrected chi connectivity index (χ2v) is 7.24. The summed E-state index contributed by atoms with van der Waals surface area (Å²) in [5, 5.41) is 4.68. The number of hydrogen-bond donors (Lipinski definition) is 1. The molecule has 1 aliphatic heterocycles. The molecule has 1 aromatic carbocycles. The van der Waals surface area contributed by atoms with Crippen molar-refractivity contribution < 1.29 is 4.74 Å². The molecule has 1 fully saturated rings. The van der Waals surface area contributed by atoms with E-state index in [-0.39, 0.29) is 0 Å². The first-order chi connectivity index (χ1) is 11.5. The summed E-state index contributed by atoms with van der Waals surface area (Å²) in [7, 11) is 3.88. The molecule has 0 radical (unpaired) electrons. The number of nitrogens with one attached hydrogen (secondary N) is 1. The van der Waals surface area contributed by atoms with Crippen molar-refractivity contribution >= 4 is 34.6 Å². The van der Waals surface area contributed by atoms with Crippen LogP contribution in [-0.2, 0) is 0 Å². The van der Waals surface area contributed by atoms with Crippen LogP contribution in [0.3, 0.4) is 0 Å². The molecule has 1 aromatic rings. The van der Waals surface area contributed by atoms with E-state index in [2.05, 4.69) is 36.0 Å². The molecule has 0 aliphatic carbocycles. The number of halogens is 1. The second-order valence-electron chi connectivity index (χ2n) is 6.42. The van der Waals surface area contributed by atoms with E-state index in [1.54, 1.807) is 7.11 Å². The molecule has 1 saturated heterocycles. The fourth-order valence-corrected chi connectivity index (χ4v) is 3.56. The summed E-state index contributed by atoms with van der Waals surface area (Å²) in [5.41, 5.74) is 0.814. The Kier molecular flexibility index (Phi) is 7.14. The highest BCUT2D eigenvalue weighted by Gasteiger charge is 2.25. The number of hydrogen-bond acceptors (Lipinski definition) is 3. The van der Waals surface area contributed by atoms with Gasteiger partial charge in [0.15, 0.2) is 5.11 Å². The van der Waals surface area contributed by atoms with Crippen LogP contribution in [-0.4, -0.2) is 54.2 Å². The average Bonchev–Trinajstić information content (AvgIpc) is 2.60. The third kappa shape index (κ3) is 4.74. The van der Waals surface area contributed by atoms with Crippen molar-refractivity contribution in [3.63, 3.8) is 0 Å². The minimum absolute atomic E-state index is 0.627. The van der Waals surface area contributed by atoms with E-state index in [1.165, 1.54) is 6.42 Å². The van der Waals surface area contributed by atoms with E-state index in [4.69, 9.17) is 28.6 Å². The lowest BCUT2D eigenvalue weighted by molar-refractivity contribution is 0.126. The van der Waals surface area contributed by atoms with E-state index in [0.29, 0.717) is 17.1 Å². The lowest BCUT2D eigenvalue weighted by Gasteiger charge is -2.40. The Hall–Kier alpha value is -1.04. The number of thiocarbonyl (C=S) groups is 1. The summed E-state index contributed by atoms with van der Waals surface area (Å²) in [5.74, 6) is 0.744. The van der Waals surface area contributed by atoms with Gasteiger partial charge in [-0.25, -0.2) is 0 Å². The molecule has 0 bridgehead atoms. The minimum Gasteiger partial charge on any atom is -0.495 e. The summed E-state index contributed by atoms with van der Waals surface area (Å²) in [6.07, 6.45) is 3.45. The van der Waals surface area contributed by atoms with Gasteiger partial charge in [-0.05, 0) is 63.7 Å². The maximum Gasteiger partial charge on any atom is 0.173 e. The Balaban J connectivity index is 1.93. The van der Waals surface area contributed by atoms with E-state index in [0.717, 1.165) is 42.5 Å². The summed E-state index contributed by atoms with van der Waals surface area (Å²) in [4.78, 5) is 4.74. The molecular formula is C18H28ClN3OS. The zero-order valence-electron chi connectivity index (χ0n) is 15.0. The fourth-order valence-electron chi connectivity index (χ4n) is 3.10. The van der Waals surface area contributed by atoms with Crippen molar-refractivity contribution in [1.82, 2.24) is 9.80 Å². The number of benzene rings is 1. The predicted octanol–water partition coefficient (Wildman–Crippen LogP) is 4.24. The summed E-state index contributed by atoms with van der Waals surface area (Å²) in [6.45, 7) is 6.48. The Morgan fingerprint density at radius 2 is 2.12 bits per heavy atom. The van der Waals surface area contributed by atoms with Crippen LogP contribution in [0, 0.1) is 0 Å². The molecule has 0 aromatic heterocycles. The minimum atomic E-state index is 0.627. The number of nitrogens with zero attached hydrogens (tertiary/aromatic N) is 2. The third-order valence-electron chi connectivity index (χ3n) is 5.02. The lowest BCUT2D eigenvalue weighted by atomic mass is 10.0. The van der Waals surface area contributed by atoms with Gasteiger partial charge in [0.2, 0.25) is 0 Å². The number of piperidine rings is 1. The second kappa shape index (κ2) is 8.88. The van der Waals surface area contributed by atoms with Crippen LogP contribution >= 0.6 is 23.8 Å². The van der Waals surface area contributed by atoms with Gasteiger partial charge < -0.3 is 19.9 Å². The number of anilines is 1. The SMILES string of the molecule is CCC(C)N(C)C1CCN(C(=S)Nc2cc(Cl)ccc2OC)CC1. The third-order valence-corrected chi connectivity index (χ3v) is 5.61. The Morgan fingerprint density at radius 1 is 1.46 bits per heavy atom. The largest absolute Gasteiger partial charge is 0.495 e. The van der Waals surface area contributed by atoms with Gasteiger partial charge in [-0.15, -0.1) is 0 Å². The molecule has 1 N–H and O–H groups in total. The maximum atomic E-state index is 6.08. The van der Waals surface area contributed by atoms with Crippen molar-refractivity contribution in [2.24, 2.45) is 0 Å². The molecule has 134 valence electrons. The van der Waals surface area contributed by atoms with Crippen LogP contribution in [0.5, 0.6) is 5.75 Å². The molecular weight excluding hydrogens is 342 g/mol. The topological polar surface area (TPSA) is 27.7 Å². The highest BCUT2D eigenvalue weighted by atomic mass is 35.5. The number of ether oxygens (including phenoxy) is 1. The Morgan fingerprint density at radius 3 is 2.71 bits per heavy atom. The van der Waals surface area contributed by atoms with Gasteiger partial charge in [-0.2, -0.15) is 0 Å². The van der Waals surface area contributed by atoms with Crippen LogP contribution in [0.2, 0.25) is 5.02 Å². The van der Waals surface area contributed by atoms with Crippen molar-refractivity contribution in [2.45, 2.75) is 45.2 Å². The zero-order valence-corrected chi connectivity index (χ0v) is 16.6. The van der Waals surface area contributed by atoms with Crippen LogP contribution < -0.4 is 10.1 Å². The van der Waals surface area contributed by atoms with Gasteiger partial charge in [-0.3, -0.25) is 0 Å². The van der Waals surface area contributed by atoms with Gasteiger partial charge in [0.05, 0.1) is 12.8 Å². The zero-order chi connectivity index (χ0) is 17.7. The van der Waals surface area contributed by atoms with E-state index < -0.39 is 0 Å². The standard InChI is InChI=1S/C18H28ClN3OS/c1-5-13(2)21(3)15-8-10-22(11-9-15)18(24)20-16-12-14(19)6-7-17(16)23-4/h6-7,12-13,15H,5,8-11H2,1-4H3,(H,20,24). The first-order valence-corrected chi connectivity index (χ1v) is 9.36. The smallest absolute Gasteiger partial charge is 0.173 e. The van der Waals surface area contributed by atoms with Gasteiger partial charge in [0, 0.05) is 30.2 Å². The van der Waals surface area contributed by atoms with E-state index in [1.807, 2.05) is 18.2 Å². The number of rotatable bonds is 5. The molecule has 1 atom stereocenters. The first-order valence-electron chi connectivity index (χ1n) is 8.57. The van der Waals surface area contributed by atoms with E-state index in [9.17, 15) is 0 Å². The summed E-state index contributed by atoms with van der Waals surface area (Å²) in [6, 6.07) is 6.77. The molecule has 24 heavy (non-hydrogen) atoms. The van der Waals surface area contributed by atoms with Crippen molar-refractivity contribution in [1.29, 1.82) is 0 Å². The molecule has 6 heteroatoms. The molecule has 4 nitrogen and oxygen atoms in total. The first kappa shape index (κ1) is 19.3. The predicted molar refractivity (Wildman–Crippen MR) is 106 cm³/mol. The molecule has 1 heterocycles. The maximum absolute atomic E-state index is 6.08. The highest BCUT2D eigenvalue weighted by Crippen LogP contribution is 2.28. The number of likely N-dealkylation sites (tertiary alicyclic amines) is 1. The van der Waals surface area contributed by atoms with E-state index >= 15 is 0 Å². The normalized spacial score (nSPS) is 17.0. The van der Waals surface area contributed by atoms with Gasteiger partial charge >= 0.3 is 0 Å². The fraction of sp³-hybridized carbons (Fsp3) is 0.611. The lowest BCUT2D eigenvalue weighted by Crippen LogP contribution is -2.48. The monoisotopic (exact) mass is 369 g/mol. The molecule has 0 spiro atoms.